The molecule has 55 heavy (non-hydrogen) atoms. The third-order valence-electron chi connectivity index (χ3n) is 17.5. The van der Waals surface area contributed by atoms with Gasteiger partial charge in [-0.05, 0) is 131 Å². The van der Waals surface area contributed by atoms with Crippen LogP contribution in [0.2, 0.25) is 0 Å². The Bertz CT molecular complexity index is 1520. The number of hydrogen-bond acceptors (Lipinski definition) is 10. The SMILES string of the molecule is CC(=O)OC(C1CC(C)C2C(O1)C(O)C1(C)C3CCC4C(C)(C)C(OC5CN(C6CN(C(=O)OC(C)(C)C)C6)CCO5)CCC45CC35CCC21C)C(C)(C)O. The van der Waals surface area contributed by atoms with Crippen LogP contribution >= 0.6 is 0 Å². The quantitative estimate of drug-likeness (QED) is 0.303. The minimum absolute atomic E-state index is 0.0139. The van der Waals surface area contributed by atoms with Gasteiger partial charge in [0.25, 0.3) is 0 Å². The van der Waals surface area contributed by atoms with Gasteiger partial charge in [-0.25, -0.2) is 4.79 Å². The molecule has 0 radical (unpaired) electrons. The number of amides is 1. The first-order valence-electron chi connectivity index (χ1n) is 21.7. The summed E-state index contributed by atoms with van der Waals surface area (Å²) in [6.07, 6.45) is 5.98. The predicted octanol–water partition coefficient (Wildman–Crippen LogP) is 6.17. The summed E-state index contributed by atoms with van der Waals surface area (Å²) in [5.74, 6) is 0.981. The van der Waals surface area contributed by atoms with Crippen molar-refractivity contribution in [2.45, 2.75) is 182 Å². The number of morpholine rings is 1. The zero-order chi connectivity index (χ0) is 39.9. The molecule has 0 aromatic heterocycles. The molecule has 8 rings (SSSR count). The first-order chi connectivity index (χ1) is 25.5. The largest absolute Gasteiger partial charge is 0.457 e. The maximum Gasteiger partial charge on any atom is 0.410 e. The minimum Gasteiger partial charge on any atom is -0.457 e. The van der Waals surface area contributed by atoms with Crippen molar-refractivity contribution in [2.24, 2.45) is 50.7 Å². The fourth-order valence-electron chi connectivity index (χ4n) is 15.0. The van der Waals surface area contributed by atoms with Gasteiger partial charge in [-0.15, -0.1) is 0 Å². The number of carbonyl (C=O) groups excluding carboxylic acids is 2. The Labute approximate surface area is 329 Å². The van der Waals surface area contributed by atoms with Crippen LogP contribution in [0.3, 0.4) is 0 Å². The van der Waals surface area contributed by atoms with E-state index in [4.69, 9.17) is 23.7 Å². The number of aliphatic hydroxyl groups is 2. The van der Waals surface area contributed by atoms with E-state index >= 15 is 0 Å². The van der Waals surface area contributed by atoms with Crippen molar-refractivity contribution in [1.82, 2.24) is 9.80 Å². The van der Waals surface area contributed by atoms with Gasteiger partial charge in [0, 0.05) is 38.0 Å². The van der Waals surface area contributed by atoms with Gasteiger partial charge in [0.15, 0.2) is 12.4 Å². The molecule has 8 aliphatic rings. The highest BCUT2D eigenvalue weighted by atomic mass is 16.7. The summed E-state index contributed by atoms with van der Waals surface area (Å²) in [5.41, 5.74) is -1.67. The summed E-state index contributed by atoms with van der Waals surface area (Å²) in [6, 6.07) is 0.302. The smallest absolute Gasteiger partial charge is 0.410 e. The van der Waals surface area contributed by atoms with Crippen molar-refractivity contribution in [3.63, 3.8) is 0 Å². The van der Waals surface area contributed by atoms with Crippen molar-refractivity contribution in [2.75, 3.05) is 32.8 Å². The Morgan fingerprint density at radius 1 is 0.927 bits per heavy atom. The van der Waals surface area contributed by atoms with Gasteiger partial charge in [0.05, 0.1) is 43.2 Å². The standard InChI is InChI=1S/C44H72N2O9/c1-25-20-28(36(40(8,9)50)52-26(2)47)53-34-33(25)41(10)16-17-44-24-43(44)15-14-31(39(6,7)29(43)12-13-30(44)42(41,11)35(34)48)54-32-23-45(18-19-51-32)27-21-46(22-27)37(49)55-38(3,4)5/h25,27-36,48,50H,12-24H2,1-11H3. The van der Waals surface area contributed by atoms with Crippen molar-refractivity contribution >= 4 is 12.1 Å². The van der Waals surface area contributed by atoms with E-state index in [1.54, 1.807) is 18.7 Å². The second-order valence-electron chi connectivity index (χ2n) is 22.2. The maximum atomic E-state index is 12.6. The summed E-state index contributed by atoms with van der Waals surface area (Å²) >= 11 is 0. The van der Waals surface area contributed by atoms with E-state index in [9.17, 15) is 19.8 Å². The second kappa shape index (κ2) is 13.0. The highest BCUT2D eigenvalue weighted by Gasteiger charge is 2.84. The summed E-state index contributed by atoms with van der Waals surface area (Å²) in [5, 5.41) is 23.7. The number of aliphatic hydroxyl groups excluding tert-OH is 1. The highest BCUT2D eigenvalue weighted by Crippen LogP contribution is 2.89. The van der Waals surface area contributed by atoms with Gasteiger partial charge in [-0.3, -0.25) is 9.69 Å². The van der Waals surface area contributed by atoms with Crippen LogP contribution in [0.15, 0.2) is 0 Å². The molecule has 2 N–H and O–H groups in total. The number of carbonyl (C=O) groups is 2. The molecule has 5 saturated carbocycles. The summed E-state index contributed by atoms with van der Waals surface area (Å²) in [6.45, 7) is 26.1. The molecule has 312 valence electrons. The maximum absolute atomic E-state index is 12.6. The van der Waals surface area contributed by atoms with Gasteiger partial charge in [0.1, 0.15) is 5.60 Å². The van der Waals surface area contributed by atoms with Crippen LogP contribution in [0.5, 0.6) is 0 Å². The zero-order valence-electron chi connectivity index (χ0n) is 35.7. The molecule has 0 aromatic carbocycles. The third kappa shape index (κ3) is 5.99. The lowest BCUT2D eigenvalue weighted by molar-refractivity contribution is -0.253. The Kier molecular flexibility index (Phi) is 9.52. The lowest BCUT2D eigenvalue weighted by Gasteiger charge is -2.64. The van der Waals surface area contributed by atoms with Crippen LogP contribution in [0.25, 0.3) is 0 Å². The topological polar surface area (TPSA) is 127 Å². The number of esters is 1. The minimum atomic E-state index is -1.27. The monoisotopic (exact) mass is 773 g/mol. The van der Waals surface area contributed by atoms with E-state index in [2.05, 4.69) is 39.5 Å². The van der Waals surface area contributed by atoms with Crippen molar-refractivity contribution in [3.05, 3.63) is 0 Å². The molecule has 0 aromatic rings. The molecule has 3 aliphatic heterocycles. The number of hydrogen-bond donors (Lipinski definition) is 2. The van der Waals surface area contributed by atoms with Gasteiger partial charge < -0.3 is 38.8 Å². The van der Waals surface area contributed by atoms with Gasteiger partial charge in [-0.1, -0.05) is 34.6 Å². The molecule has 2 spiro atoms. The molecular weight excluding hydrogens is 700 g/mol. The molecule has 5 aliphatic carbocycles. The van der Waals surface area contributed by atoms with Crippen LogP contribution in [-0.2, 0) is 28.5 Å². The highest BCUT2D eigenvalue weighted by molar-refractivity contribution is 5.69. The summed E-state index contributed by atoms with van der Waals surface area (Å²) in [7, 11) is 0. The van der Waals surface area contributed by atoms with Crippen molar-refractivity contribution < 1.29 is 43.5 Å². The predicted molar refractivity (Wildman–Crippen MR) is 206 cm³/mol. The average Bonchev–Trinajstić information content (AvgIpc) is 3.68. The van der Waals surface area contributed by atoms with Crippen molar-refractivity contribution in [3.8, 4) is 0 Å². The molecule has 8 fully saturated rings. The number of likely N-dealkylation sites (tertiary alicyclic amines) is 1. The molecular formula is C44H72N2O9. The van der Waals surface area contributed by atoms with E-state index < -0.39 is 35.5 Å². The van der Waals surface area contributed by atoms with Gasteiger partial charge in [0.2, 0.25) is 0 Å². The number of nitrogens with zero attached hydrogens (tertiary/aromatic N) is 2. The third-order valence-corrected chi connectivity index (χ3v) is 17.5. The number of fused-ring (bicyclic) bond motifs is 4. The van der Waals surface area contributed by atoms with Crippen LogP contribution in [0.4, 0.5) is 4.79 Å². The van der Waals surface area contributed by atoms with E-state index in [1.807, 2.05) is 20.8 Å². The Hall–Kier alpha value is -1.50. The van der Waals surface area contributed by atoms with Gasteiger partial charge >= 0.3 is 12.1 Å². The average molecular weight is 773 g/mol. The lowest BCUT2D eigenvalue weighted by atomic mass is 9.41. The second-order valence-corrected chi connectivity index (χ2v) is 22.2. The summed E-state index contributed by atoms with van der Waals surface area (Å²) in [4.78, 5) is 28.9. The first-order valence-corrected chi connectivity index (χ1v) is 21.7. The number of rotatable bonds is 6. The summed E-state index contributed by atoms with van der Waals surface area (Å²) < 4.78 is 31.4. The fraction of sp³-hybridized carbons (Fsp3) is 0.955. The van der Waals surface area contributed by atoms with E-state index in [0.717, 1.165) is 45.2 Å². The normalized spacial score (nSPS) is 47.2. The van der Waals surface area contributed by atoms with E-state index in [0.29, 0.717) is 44.0 Å². The van der Waals surface area contributed by atoms with Gasteiger partial charge in [-0.2, -0.15) is 0 Å². The molecule has 3 heterocycles. The lowest BCUT2D eigenvalue weighted by Crippen LogP contribution is -2.64. The van der Waals surface area contributed by atoms with E-state index in [1.165, 1.54) is 19.8 Å². The zero-order valence-corrected chi connectivity index (χ0v) is 35.7. The van der Waals surface area contributed by atoms with Crippen molar-refractivity contribution in [1.29, 1.82) is 0 Å². The van der Waals surface area contributed by atoms with Crippen LogP contribution in [-0.4, -0.2) is 119 Å². The van der Waals surface area contributed by atoms with Crippen LogP contribution in [0, 0.1) is 50.7 Å². The Morgan fingerprint density at radius 3 is 2.25 bits per heavy atom. The molecule has 14 atom stereocenters. The molecule has 11 nitrogen and oxygen atoms in total. The molecule has 0 bridgehead atoms. The fourth-order valence-corrected chi connectivity index (χ4v) is 15.0. The molecule has 11 heteroatoms. The van der Waals surface area contributed by atoms with E-state index in [-0.39, 0.29) is 63.5 Å². The molecule has 3 saturated heterocycles. The number of ether oxygens (including phenoxy) is 5. The Morgan fingerprint density at radius 2 is 1.60 bits per heavy atom. The molecule has 1 amide bonds. The van der Waals surface area contributed by atoms with Crippen LogP contribution < -0.4 is 0 Å². The Balaban J connectivity index is 0.953. The van der Waals surface area contributed by atoms with Crippen LogP contribution in [0.1, 0.15) is 128 Å². The first kappa shape index (κ1) is 40.3. The molecule has 14 unspecified atom stereocenters.